The standard InChI is InChI=1S/C6H12N4.2ClH/c7-2-1-3-10-5-9-4-6(10)8;;/h4-5H,1-3,7-8H2;2*1H. The number of nitrogens with two attached hydrogens (primary N) is 2. The lowest BCUT2D eigenvalue weighted by Crippen LogP contribution is -2.06. The number of aromatic nitrogens is 2. The van der Waals surface area contributed by atoms with E-state index in [1.807, 2.05) is 4.57 Å². The molecule has 0 aliphatic carbocycles. The maximum absolute atomic E-state index is 5.54. The Kier molecular flexibility index (Phi) is 8.47. The third kappa shape index (κ3) is 3.80. The fourth-order valence-electron chi connectivity index (χ4n) is 0.779. The summed E-state index contributed by atoms with van der Waals surface area (Å²) >= 11 is 0. The topological polar surface area (TPSA) is 69.9 Å². The van der Waals surface area contributed by atoms with Crippen molar-refractivity contribution in [2.75, 3.05) is 12.3 Å². The van der Waals surface area contributed by atoms with Crippen molar-refractivity contribution >= 4 is 30.6 Å². The lowest BCUT2D eigenvalue weighted by atomic mass is 10.4. The molecule has 1 heterocycles. The molecule has 4 nitrogen and oxygen atoms in total. The Hall–Kier alpha value is -0.450. The first-order chi connectivity index (χ1) is 4.84. The van der Waals surface area contributed by atoms with Crippen LogP contribution >= 0.6 is 24.8 Å². The Morgan fingerprint density at radius 2 is 2.08 bits per heavy atom. The lowest BCUT2D eigenvalue weighted by molar-refractivity contribution is 0.657. The number of nitrogens with zero attached hydrogens (tertiary/aromatic N) is 2. The number of rotatable bonds is 3. The monoisotopic (exact) mass is 212 g/mol. The largest absolute Gasteiger partial charge is 0.384 e. The number of nitrogen functional groups attached to an aromatic ring is 1. The number of imidazole rings is 1. The van der Waals surface area contributed by atoms with E-state index in [0.717, 1.165) is 13.0 Å². The highest BCUT2D eigenvalue weighted by Crippen LogP contribution is 1.99. The third-order valence-corrected chi connectivity index (χ3v) is 1.35. The lowest BCUT2D eigenvalue weighted by Gasteiger charge is -2.01. The molecule has 0 bridgehead atoms. The molecule has 0 fully saturated rings. The Morgan fingerprint density at radius 1 is 1.42 bits per heavy atom. The van der Waals surface area contributed by atoms with Crippen molar-refractivity contribution < 1.29 is 0 Å². The molecule has 4 N–H and O–H groups in total. The summed E-state index contributed by atoms with van der Waals surface area (Å²) in [5, 5.41) is 0. The van der Waals surface area contributed by atoms with Crippen molar-refractivity contribution in [2.24, 2.45) is 5.73 Å². The van der Waals surface area contributed by atoms with Gasteiger partial charge < -0.3 is 16.0 Å². The van der Waals surface area contributed by atoms with Crippen molar-refractivity contribution in [3.05, 3.63) is 12.5 Å². The minimum atomic E-state index is 0. The molecule has 6 heteroatoms. The Morgan fingerprint density at radius 3 is 2.50 bits per heavy atom. The summed E-state index contributed by atoms with van der Waals surface area (Å²) in [7, 11) is 0. The average Bonchev–Trinajstić information content (AvgIpc) is 2.31. The van der Waals surface area contributed by atoms with Crippen molar-refractivity contribution in [3.63, 3.8) is 0 Å². The van der Waals surface area contributed by atoms with Crippen LogP contribution in [-0.4, -0.2) is 16.1 Å². The van der Waals surface area contributed by atoms with Crippen LogP contribution in [0.25, 0.3) is 0 Å². The van der Waals surface area contributed by atoms with Gasteiger partial charge in [0.15, 0.2) is 0 Å². The van der Waals surface area contributed by atoms with Gasteiger partial charge in [0.2, 0.25) is 0 Å². The fraction of sp³-hybridized carbons (Fsp3) is 0.500. The van der Waals surface area contributed by atoms with E-state index < -0.39 is 0 Å². The van der Waals surface area contributed by atoms with Crippen molar-refractivity contribution in [3.8, 4) is 0 Å². The van der Waals surface area contributed by atoms with E-state index in [9.17, 15) is 0 Å². The van der Waals surface area contributed by atoms with Gasteiger partial charge in [-0.15, -0.1) is 24.8 Å². The van der Waals surface area contributed by atoms with Gasteiger partial charge in [-0.2, -0.15) is 0 Å². The molecular weight excluding hydrogens is 199 g/mol. The van der Waals surface area contributed by atoms with Gasteiger partial charge in [-0.1, -0.05) is 0 Å². The summed E-state index contributed by atoms with van der Waals surface area (Å²) < 4.78 is 1.88. The molecule has 0 unspecified atom stereocenters. The molecule has 0 saturated heterocycles. The van der Waals surface area contributed by atoms with Crippen LogP contribution < -0.4 is 11.5 Å². The number of anilines is 1. The van der Waals surface area contributed by atoms with Crippen LogP contribution in [0.3, 0.4) is 0 Å². The van der Waals surface area contributed by atoms with Gasteiger partial charge in [0.05, 0.1) is 12.5 Å². The molecule has 0 saturated carbocycles. The SMILES string of the molecule is Cl.Cl.NCCCn1cncc1N. The summed E-state index contributed by atoms with van der Waals surface area (Å²) in [4.78, 5) is 3.87. The fourth-order valence-corrected chi connectivity index (χ4v) is 0.779. The summed E-state index contributed by atoms with van der Waals surface area (Å²) in [6, 6.07) is 0. The molecule has 0 aromatic carbocycles. The first kappa shape index (κ1) is 14.1. The zero-order valence-corrected chi connectivity index (χ0v) is 8.27. The second-order valence-corrected chi connectivity index (χ2v) is 2.15. The first-order valence-electron chi connectivity index (χ1n) is 3.30. The van der Waals surface area contributed by atoms with Crippen molar-refractivity contribution in [2.45, 2.75) is 13.0 Å². The van der Waals surface area contributed by atoms with Crippen LogP contribution in [-0.2, 0) is 6.54 Å². The highest BCUT2D eigenvalue weighted by atomic mass is 35.5. The van der Waals surface area contributed by atoms with Gasteiger partial charge in [0, 0.05) is 6.54 Å². The first-order valence-corrected chi connectivity index (χ1v) is 3.30. The van der Waals surface area contributed by atoms with Crippen LogP contribution in [0.5, 0.6) is 0 Å². The normalized spacial score (nSPS) is 8.42. The quantitative estimate of drug-likeness (QED) is 0.774. The Bertz CT molecular complexity index is 201. The van der Waals surface area contributed by atoms with Gasteiger partial charge in [-0.05, 0) is 13.0 Å². The summed E-state index contributed by atoms with van der Waals surface area (Å²) in [6.07, 6.45) is 4.29. The molecule has 1 aromatic rings. The van der Waals surface area contributed by atoms with Crippen LogP contribution in [0.4, 0.5) is 5.82 Å². The molecule has 72 valence electrons. The predicted molar refractivity (Wildman–Crippen MR) is 54.8 cm³/mol. The minimum Gasteiger partial charge on any atom is -0.384 e. The van der Waals surface area contributed by atoms with Crippen LogP contribution in [0.1, 0.15) is 6.42 Å². The molecular formula is C6H14Cl2N4. The van der Waals surface area contributed by atoms with E-state index in [4.69, 9.17) is 11.5 Å². The van der Waals surface area contributed by atoms with E-state index in [-0.39, 0.29) is 24.8 Å². The second-order valence-electron chi connectivity index (χ2n) is 2.15. The van der Waals surface area contributed by atoms with E-state index in [1.165, 1.54) is 0 Å². The van der Waals surface area contributed by atoms with Crippen molar-refractivity contribution in [1.29, 1.82) is 0 Å². The van der Waals surface area contributed by atoms with Gasteiger partial charge in [0.1, 0.15) is 5.82 Å². The average molecular weight is 213 g/mol. The summed E-state index contributed by atoms with van der Waals surface area (Å²) in [6.45, 7) is 1.56. The number of hydrogen-bond acceptors (Lipinski definition) is 3. The van der Waals surface area contributed by atoms with Crippen LogP contribution in [0, 0.1) is 0 Å². The van der Waals surface area contributed by atoms with Gasteiger partial charge in [0.25, 0.3) is 0 Å². The zero-order chi connectivity index (χ0) is 7.40. The van der Waals surface area contributed by atoms with Crippen LogP contribution in [0.15, 0.2) is 12.5 Å². The molecule has 0 aliphatic heterocycles. The highest BCUT2D eigenvalue weighted by molar-refractivity contribution is 5.85. The van der Waals surface area contributed by atoms with Gasteiger partial charge >= 0.3 is 0 Å². The molecule has 1 aromatic heterocycles. The minimum absolute atomic E-state index is 0. The zero-order valence-electron chi connectivity index (χ0n) is 6.64. The molecule has 0 spiro atoms. The molecule has 0 aliphatic rings. The van der Waals surface area contributed by atoms with Crippen LogP contribution in [0.2, 0.25) is 0 Å². The molecule has 0 atom stereocenters. The van der Waals surface area contributed by atoms with E-state index in [0.29, 0.717) is 12.4 Å². The summed E-state index contributed by atoms with van der Waals surface area (Å²) in [5.74, 6) is 0.702. The predicted octanol–water partition coefficient (Wildman–Crippen LogP) is 0.658. The molecule has 12 heavy (non-hydrogen) atoms. The molecule has 0 radical (unpaired) electrons. The highest BCUT2D eigenvalue weighted by Gasteiger charge is 1.93. The molecule has 1 rings (SSSR count). The Balaban J connectivity index is 0. The summed E-state index contributed by atoms with van der Waals surface area (Å²) in [5.41, 5.74) is 10.9. The van der Waals surface area contributed by atoms with Crippen molar-refractivity contribution in [1.82, 2.24) is 9.55 Å². The van der Waals surface area contributed by atoms with E-state index >= 15 is 0 Å². The van der Waals surface area contributed by atoms with E-state index in [2.05, 4.69) is 4.98 Å². The van der Waals surface area contributed by atoms with E-state index in [1.54, 1.807) is 12.5 Å². The number of halogens is 2. The third-order valence-electron chi connectivity index (χ3n) is 1.35. The van der Waals surface area contributed by atoms with Gasteiger partial charge in [-0.25, -0.2) is 4.98 Å². The molecule has 0 amide bonds. The second kappa shape index (κ2) is 7.21. The maximum atomic E-state index is 5.54. The Labute approximate surface area is 84.2 Å². The number of aryl methyl sites for hydroxylation is 1. The van der Waals surface area contributed by atoms with Gasteiger partial charge in [-0.3, -0.25) is 0 Å². The maximum Gasteiger partial charge on any atom is 0.123 e. The number of hydrogen-bond donors (Lipinski definition) is 2. The smallest absolute Gasteiger partial charge is 0.123 e.